The van der Waals surface area contributed by atoms with E-state index in [9.17, 15) is 14.4 Å². The normalized spacial score (nSPS) is 21.7. The molecular weight excluding hydrogens is 318 g/mol. The van der Waals surface area contributed by atoms with E-state index in [2.05, 4.69) is 0 Å². The van der Waals surface area contributed by atoms with E-state index in [0.29, 0.717) is 38.8 Å². The number of primary amides is 1. The van der Waals surface area contributed by atoms with Gasteiger partial charge in [-0.3, -0.25) is 14.4 Å². The second-order valence-corrected chi connectivity index (χ2v) is 7.10. The molecule has 134 valence electrons. The summed E-state index contributed by atoms with van der Waals surface area (Å²) in [5.41, 5.74) is 8.29. The first-order valence-electron chi connectivity index (χ1n) is 8.85. The Hall–Kier alpha value is -2.37. The molecule has 2 aliphatic rings. The van der Waals surface area contributed by atoms with Crippen LogP contribution in [0, 0.1) is 13.8 Å². The Morgan fingerprint density at radius 3 is 2.40 bits per heavy atom. The van der Waals surface area contributed by atoms with Gasteiger partial charge in [0.25, 0.3) is 5.91 Å². The molecular formula is C19H25N3O3. The molecule has 2 N–H and O–H groups in total. The molecule has 1 unspecified atom stereocenters. The second kappa shape index (κ2) is 6.86. The van der Waals surface area contributed by atoms with E-state index in [1.807, 2.05) is 36.9 Å². The molecule has 1 atom stereocenters. The first-order chi connectivity index (χ1) is 11.9. The number of carbonyl (C=O) groups excluding carboxylic acids is 3. The molecule has 2 fully saturated rings. The van der Waals surface area contributed by atoms with Crippen molar-refractivity contribution in [3.8, 4) is 0 Å². The lowest BCUT2D eigenvalue weighted by Crippen LogP contribution is -2.52. The molecule has 2 aliphatic heterocycles. The lowest BCUT2D eigenvalue weighted by molar-refractivity contribution is -0.137. The number of benzene rings is 1. The molecule has 2 saturated heterocycles. The van der Waals surface area contributed by atoms with Crippen molar-refractivity contribution >= 4 is 17.7 Å². The van der Waals surface area contributed by atoms with Crippen LogP contribution in [0.1, 0.15) is 47.2 Å². The first kappa shape index (κ1) is 17.5. The third-order valence-corrected chi connectivity index (χ3v) is 5.34. The predicted octanol–water partition coefficient (Wildman–Crippen LogP) is 1.38. The minimum Gasteiger partial charge on any atom is -0.368 e. The van der Waals surface area contributed by atoms with Gasteiger partial charge in [-0.2, -0.15) is 0 Å². The third-order valence-electron chi connectivity index (χ3n) is 5.34. The maximum absolute atomic E-state index is 12.8. The van der Waals surface area contributed by atoms with Gasteiger partial charge in [0.05, 0.1) is 0 Å². The van der Waals surface area contributed by atoms with Crippen molar-refractivity contribution in [3.05, 3.63) is 34.9 Å². The fourth-order valence-corrected chi connectivity index (χ4v) is 4.01. The smallest absolute Gasteiger partial charge is 0.254 e. The minimum absolute atomic E-state index is 0.00274. The van der Waals surface area contributed by atoms with E-state index in [1.54, 1.807) is 4.90 Å². The Bertz CT molecular complexity index is 708. The summed E-state index contributed by atoms with van der Waals surface area (Å²) in [4.78, 5) is 40.0. The summed E-state index contributed by atoms with van der Waals surface area (Å²) >= 11 is 0. The number of carbonyl (C=O) groups is 3. The highest BCUT2D eigenvalue weighted by atomic mass is 16.2. The average molecular weight is 343 g/mol. The van der Waals surface area contributed by atoms with E-state index in [1.165, 1.54) is 0 Å². The van der Waals surface area contributed by atoms with E-state index in [0.717, 1.165) is 16.7 Å². The van der Waals surface area contributed by atoms with Crippen molar-refractivity contribution in [3.63, 3.8) is 0 Å². The Kier molecular flexibility index (Phi) is 4.79. The number of likely N-dealkylation sites (tertiary alicyclic amines) is 2. The number of amides is 3. The Labute approximate surface area is 148 Å². The van der Waals surface area contributed by atoms with Crippen LogP contribution in [0.5, 0.6) is 0 Å². The molecule has 1 aromatic rings. The van der Waals surface area contributed by atoms with Gasteiger partial charge in [-0.15, -0.1) is 0 Å². The molecule has 0 radical (unpaired) electrons. The van der Waals surface area contributed by atoms with Gasteiger partial charge in [-0.1, -0.05) is 17.7 Å². The molecule has 0 aromatic heterocycles. The zero-order valence-corrected chi connectivity index (χ0v) is 14.8. The van der Waals surface area contributed by atoms with Crippen LogP contribution in [0.3, 0.4) is 0 Å². The number of hydrogen-bond acceptors (Lipinski definition) is 3. The van der Waals surface area contributed by atoms with Crippen molar-refractivity contribution in [2.75, 3.05) is 13.1 Å². The molecule has 3 amide bonds. The average Bonchev–Trinajstić information content (AvgIpc) is 2.96. The molecule has 1 aromatic carbocycles. The number of nitrogens with two attached hydrogens (primary N) is 1. The van der Waals surface area contributed by atoms with E-state index in [4.69, 9.17) is 5.73 Å². The van der Waals surface area contributed by atoms with Crippen molar-refractivity contribution in [1.82, 2.24) is 9.80 Å². The van der Waals surface area contributed by atoms with Crippen molar-refractivity contribution in [1.29, 1.82) is 0 Å². The van der Waals surface area contributed by atoms with Gasteiger partial charge in [0.1, 0.15) is 6.04 Å². The molecule has 2 heterocycles. The summed E-state index contributed by atoms with van der Waals surface area (Å²) in [5, 5.41) is 0. The molecule has 6 heteroatoms. The molecule has 3 rings (SSSR count). The number of aryl methyl sites for hydroxylation is 2. The quantitative estimate of drug-likeness (QED) is 0.900. The summed E-state index contributed by atoms with van der Waals surface area (Å²) < 4.78 is 0. The second-order valence-electron chi connectivity index (χ2n) is 7.10. The van der Waals surface area contributed by atoms with Crippen LogP contribution in [0.2, 0.25) is 0 Å². The molecule has 6 nitrogen and oxygen atoms in total. The van der Waals surface area contributed by atoms with Gasteiger partial charge >= 0.3 is 0 Å². The summed E-state index contributed by atoms with van der Waals surface area (Å²) in [6.07, 6.45) is 2.27. The van der Waals surface area contributed by atoms with Crippen LogP contribution >= 0.6 is 0 Å². The van der Waals surface area contributed by atoms with Crippen LogP contribution in [0.25, 0.3) is 0 Å². The monoisotopic (exact) mass is 343 g/mol. The highest BCUT2D eigenvalue weighted by Crippen LogP contribution is 2.27. The summed E-state index contributed by atoms with van der Waals surface area (Å²) in [6.45, 7) is 5.14. The van der Waals surface area contributed by atoms with Crippen LogP contribution in [-0.2, 0) is 9.59 Å². The summed E-state index contributed by atoms with van der Waals surface area (Å²) in [7, 11) is 0. The standard InChI is InChI=1S/C19H25N3O3/c1-12-3-4-15(13(2)11-12)19(25)21-9-7-14(8-10-21)22-16(18(20)24)5-6-17(22)23/h3-4,11,14,16H,5-10H2,1-2H3,(H2,20,24). The van der Waals surface area contributed by atoms with E-state index >= 15 is 0 Å². The largest absolute Gasteiger partial charge is 0.368 e. The van der Waals surface area contributed by atoms with Crippen molar-refractivity contribution in [2.45, 2.75) is 51.6 Å². The van der Waals surface area contributed by atoms with Crippen molar-refractivity contribution in [2.24, 2.45) is 5.73 Å². The van der Waals surface area contributed by atoms with Crippen molar-refractivity contribution < 1.29 is 14.4 Å². The van der Waals surface area contributed by atoms with Gasteiger partial charge in [0, 0.05) is 31.1 Å². The minimum atomic E-state index is -0.487. The number of hydrogen-bond donors (Lipinski definition) is 1. The predicted molar refractivity (Wildman–Crippen MR) is 93.9 cm³/mol. The molecule has 25 heavy (non-hydrogen) atoms. The maximum Gasteiger partial charge on any atom is 0.254 e. The topological polar surface area (TPSA) is 83.7 Å². The zero-order chi connectivity index (χ0) is 18.1. The fourth-order valence-electron chi connectivity index (χ4n) is 4.01. The van der Waals surface area contributed by atoms with Crippen LogP contribution in [-0.4, -0.2) is 52.7 Å². The zero-order valence-electron chi connectivity index (χ0n) is 14.8. The molecule has 0 saturated carbocycles. The summed E-state index contributed by atoms with van der Waals surface area (Å²) in [5.74, 6) is -0.391. The SMILES string of the molecule is Cc1ccc(C(=O)N2CCC(N3C(=O)CCC3C(N)=O)CC2)c(C)c1. The fraction of sp³-hybridized carbons (Fsp3) is 0.526. The Morgan fingerprint density at radius 2 is 1.80 bits per heavy atom. The molecule has 0 aliphatic carbocycles. The van der Waals surface area contributed by atoms with E-state index < -0.39 is 11.9 Å². The van der Waals surface area contributed by atoms with Gasteiger partial charge in [0.15, 0.2) is 0 Å². The maximum atomic E-state index is 12.8. The highest BCUT2D eigenvalue weighted by Gasteiger charge is 2.40. The van der Waals surface area contributed by atoms with Gasteiger partial charge in [-0.25, -0.2) is 0 Å². The third kappa shape index (κ3) is 3.38. The van der Waals surface area contributed by atoms with Gasteiger partial charge in [-0.05, 0) is 44.7 Å². The Morgan fingerprint density at radius 1 is 1.12 bits per heavy atom. The first-order valence-corrected chi connectivity index (χ1v) is 8.85. The van der Waals surface area contributed by atoms with Crippen LogP contribution in [0.15, 0.2) is 18.2 Å². The highest BCUT2D eigenvalue weighted by molar-refractivity contribution is 5.96. The van der Waals surface area contributed by atoms with E-state index in [-0.39, 0.29) is 17.9 Å². The number of piperidine rings is 1. The number of rotatable bonds is 3. The Balaban J connectivity index is 1.66. The van der Waals surface area contributed by atoms with Crippen LogP contribution in [0.4, 0.5) is 0 Å². The lowest BCUT2D eigenvalue weighted by atomic mass is 9.99. The molecule has 0 bridgehead atoms. The van der Waals surface area contributed by atoms with Crippen LogP contribution < -0.4 is 5.73 Å². The lowest BCUT2D eigenvalue weighted by Gasteiger charge is -2.38. The number of nitrogens with zero attached hydrogens (tertiary/aromatic N) is 2. The summed E-state index contributed by atoms with van der Waals surface area (Å²) in [6, 6.07) is 5.36. The molecule has 0 spiro atoms. The van der Waals surface area contributed by atoms with Gasteiger partial charge < -0.3 is 15.5 Å². The van der Waals surface area contributed by atoms with Gasteiger partial charge in [0.2, 0.25) is 11.8 Å².